The Hall–Kier alpha value is -0.760. The molecule has 1 aliphatic carbocycles. The lowest BCUT2D eigenvalue weighted by Gasteiger charge is -2.38. The monoisotopic (exact) mass is 235 g/mol. The summed E-state index contributed by atoms with van der Waals surface area (Å²) in [5.74, 6) is 0.822. The lowest BCUT2D eigenvalue weighted by molar-refractivity contribution is 0.163. The van der Waals surface area contributed by atoms with Gasteiger partial charge in [0.2, 0.25) is 0 Å². The minimum atomic E-state index is 0.560. The van der Waals surface area contributed by atoms with Crippen molar-refractivity contribution in [3.05, 3.63) is 24.2 Å². The van der Waals surface area contributed by atoms with Gasteiger partial charge in [-0.2, -0.15) is 0 Å². The summed E-state index contributed by atoms with van der Waals surface area (Å²) >= 11 is 0. The van der Waals surface area contributed by atoms with Gasteiger partial charge in [-0.05, 0) is 62.1 Å². The summed E-state index contributed by atoms with van der Waals surface area (Å²) < 4.78 is 5.15. The van der Waals surface area contributed by atoms with Crippen molar-refractivity contribution in [2.45, 2.75) is 52.0 Å². The second kappa shape index (κ2) is 5.26. The van der Waals surface area contributed by atoms with Gasteiger partial charge in [0.1, 0.15) is 0 Å². The summed E-state index contributed by atoms with van der Waals surface area (Å²) in [5.41, 5.74) is 1.87. The molecular formula is C15H25NO. The van der Waals surface area contributed by atoms with Crippen LogP contribution in [0.4, 0.5) is 0 Å². The van der Waals surface area contributed by atoms with E-state index in [0.717, 1.165) is 12.3 Å². The van der Waals surface area contributed by atoms with Gasteiger partial charge in [0.15, 0.2) is 0 Å². The van der Waals surface area contributed by atoms with Crippen LogP contribution in [0.25, 0.3) is 0 Å². The maximum atomic E-state index is 5.15. The zero-order valence-electron chi connectivity index (χ0n) is 11.3. The highest BCUT2D eigenvalue weighted by molar-refractivity contribution is 5.08. The minimum Gasteiger partial charge on any atom is -0.472 e. The Bertz CT molecular complexity index is 319. The standard InChI is InChI=1S/C15H25NO/c1-15(2)7-4-13(5-8-15)14(16-3)10-12-6-9-17-11-12/h6,9,11,13-14,16H,4-5,7-8,10H2,1-3H3. The smallest absolute Gasteiger partial charge is 0.0935 e. The summed E-state index contributed by atoms with van der Waals surface area (Å²) in [4.78, 5) is 0. The molecule has 1 heterocycles. The van der Waals surface area contributed by atoms with Gasteiger partial charge in [-0.25, -0.2) is 0 Å². The topological polar surface area (TPSA) is 25.2 Å². The van der Waals surface area contributed by atoms with Gasteiger partial charge in [0.05, 0.1) is 12.5 Å². The third-order valence-electron chi connectivity index (χ3n) is 4.36. The third kappa shape index (κ3) is 3.35. The number of hydrogen-bond acceptors (Lipinski definition) is 2. The fraction of sp³-hybridized carbons (Fsp3) is 0.733. The minimum absolute atomic E-state index is 0.560. The largest absolute Gasteiger partial charge is 0.472 e. The van der Waals surface area contributed by atoms with E-state index in [2.05, 4.69) is 32.3 Å². The van der Waals surface area contributed by atoms with Crippen LogP contribution in [0.5, 0.6) is 0 Å². The van der Waals surface area contributed by atoms with Crippen molar-refractivity contribution in [3.63, 3.8) is 0 Å². The Balaban J connectivity index is 1.91. The van der Waals surface area contributed by atoms with E-state index in [0.29, 0.717) is 11.5 Å². The first-order chi connectivity index (χ1) is 8.11. The van der Waals surface area contributed by atoms with Crippen LogP contribution >= 0.6 is 0 Å². The van der Waals surface area contributed by atoms with E-state index in [1.54, 1.807) is 6.26 Å². The fourth-order valence-corrected chi connectivity index (χ4v) is 2.99. The summed E-state index contributed by atoms with van der Waals surface area (Å²) in [6.45, 7) is 4.79. The van der Waals surface area contributed by atoms with Gasteiger partial charge in [0.25, 0.3) is 0 Å². The molecule has 2 rings (SSSR count). The normalized spacial score (nSPS) is 22.5. The molecule has 1 aromatic rings. The second-order valence-electron chi connectivity index (χ2n) is 6.23. The molecule has 1 saturated carbocycles. The molecule has 2 nitrogen and oxygen atoms in total. The van der Waals surface area contributed by atoms with Crippen LogP contribution in [-0.4, -0.2) is 13.1 Å². The first-order valence-corrected chi connectivity index (χ1v) is 6.79. The van der Waals surface area contributed by atoms with E-state index >= 15 is 0 Å². The number of rotatable bonds is 4. The van der Waals surface area contributed by atoms with Gasteiger partial charge in [0, 0.05) is 6.04 Å². The van der Waals surface area contributed by atoms with Crippen molar-refractivity contribution in [1.29, 1.82) is 0 Å². The second-order valence-corrected chi connectivity index (χ2v) is 6.23. The van der Waals surface area contributed by atoms with Crippen LogP contribution in [0.15, 0.2) is 23.0 Å². The Morgan fingerprint density at radius 1 is 1.41 bits per heavy atom. The highest BCUT2D eigenvalue weighted by Gasteiger charge is 2.30. The SMILES string of the molecule is CNC(Cc1ccoc1)C1CCC(C)(C)CC1. The predicted octanol–water partition coefficient (Wildman–Crippen LogP) is 3.63. The van der Waals surface area contributed by atoms with Gasteiger partial charge in [-0.3, -0.25) is 0 Å². The van der Waals surface area contributed by atoms with Gasteiger partial charge >= 0.3 is 0 Å². The molecule has 0 saturated heterocycles. The van der Waals surface area contributed by atoms with Crippen molar-refractivity contribution >= 4 is 0 Å². The van der Waals surface area contributed by atoms with E-state index in [1.807, 2.05) is 6.26 Å². The quantitative estimate of drug-likeness (QED) is 0.862. The van der Waals surface area contributed by atoms with Crippen LogP contribution in [0, 0.1) is 11.3 Å². The number of furan rings is 1. The molecule has 1 fully saturated rings. The molecule has 1 aliphatic rings. The molecule has 0 aliphatic heterocycles. The summed E-state index contributed by atoms with van der Waals surface area (Å²) in [5, 5.41) is 3.50. The Morgan fingerprint density at radius 3 is 2.65 bits per heavy atom. The molecule has 17 heavy (non-hydrogen) atoms. The van der Waals surface area contributed by atoms with Gasteiger partial charge in [-0.15, -0.1) is 0 Å². The van der Waals surface area contributed by atoms with Crippen LogP contribution in [-0.2, 0) is 6.42 Å². The Kier molecular flexibility index (Phi) is 3.93. The first kappa shape index (κ1) is 12.7. The summed E-state index contributed by atoms with van der Waals surface area (Å²) in [6.07, 6.45) is 10.2. The molecular weight excluding hydrogens is 210 g/mol. The van der Waals surface area contributed by atoms with Gasteiger partial charge in [-0.1, -0.05) is 13.8 Å². The highest BCUT2D eigenvalue weighted by atomic mass is 16.3. The lowest BCUT2D eigenvalue weighted by atomic mass is 9.70. The molecule has 0 aromatic carbocycles. The van der Waals surface area contributed by atoms with Crippen LogP contribution in [0.3, 0.4) is 0 Å². The molecule has 0 radical (unpaired) electrons. The van der Waals surface area contributed by atoms with Gasteiger partial charge < -0.3 is 9.73 Å². The van der Waals surface area contributed by atoms with E-state index in [-0.39, 0.29) is 0 Å². The molecule has 1 atom stereocenters. The number of likely N-dealkylation sites (N-methyl/N-ethyl adjacent to an activating group) is 1. The van der Waals surface area contributed by atoms with Crippen LogP contribution in [0.2, 0.25) is 0 Å². The zero-order valence-corrected chi connectivity index (χ0v) is 11.3. The van der Waals surface area contributed by atoms with Crippen molar-refractivity contribution in [3.8, 4) is 0 Å². The van der Waals surface area contributed by atoms with E-state index < -0.39 is 0 Å². The number of nitrogens with one attached hydrogen (secondary N) is 1. The molecule has 2 heteroatoms. The van der Waals surface area contributed by atoms with Crippen molar-refractivity contribution < 1.29 is 4.42 Å². The van der Waals surface area contributed by atoms with E-state index in [1.165, 1.54) is 31.2 Å². The van der Waals surface area contributed by atoms with Crippen molar-refractivity contribution in [2.75, 3.05) is 7.05 Å². The Morgan fingerprint density at radius 2 is 2.12 bits per heavy atom. The van der Waals surface area contributed by atoms with Crippen molar-refractivity contribution in [2.24, 2.45) is 11.3 Å². The molecule has 96 valence electrons. The summed E-state index contributed by atoms with van der Waals surface area (Å²) in [7, 11) is 2.09. The fourth-order valence-electron chi connectivity index (χ4n) is 2.99. The van der Waals surface area contributed by atoms with Crippen LogP contribution < -0.4 is 5.32 Å². The molecule has 0 bridgehead atoms. The third-order valence-corrected chi connectivity index (χ3v) is 4.36. The molecule has 0 amide bonds. The molecule has 0 spiro atoms. The number of hydrogen-bond donors (Lipinski definition) is 1. The average molecular weight is 235 g/mol. The van der Waals surface area contributed by atoms with Crippen LogP contribution in [0.1, 0.15) is 45.1 Å². The highest BCUT2D eigenvalue weighted by Crippen LogP contribution is 2.39. The first-order valence-electron chi connectivity index (χ1n) is 6.79. The molecule has 1 N–H and O–H groups in total. The summed E-state index contributed by atoms with van der Waals surface area (Å²) in [6, 6.07) is 2.68. The molecule has 1 unspecified atom stereocenters. The van der Waals surface area contributed by atoms with E-state index in [4.69, 9.17) is 4.42 Å². The lowest BCUT2D eigenvalue weighted by Crippen LogP contribution is -2.38. The molecule has 1 aromatic heterocycles. The average Bonchev–Trinajstić information content (AvgIpc) is 2.79. The Labute approximate surface area is 105 Å². The van der Waals surface area contributed by atoms with Crippen molar-refractivity contribution in [1.82, 2.24) is 5.32 Å². The predicted molar refractivity (Wildman–Crippen MR) is 71.0 cm³/mol. The maximum Gasteiger partial charge on any atom is 0.0935 e. The zero-order chi connectivity index (χ0) is 12.3. The van der Waals surface area contributed by atoms with E-state index in [9.17, 15) is 0 Å². The maximum absolute atomic E-state index is 5.15.